The van der Waals surface area contributed by atoms with Gasteiger partial charge in [0.05, 0.1) is 5.69 Å². The van der Waals surface area contributed by atoms with Gasteiger partial charge in [-0.15, -0.1) is 0 Å². The Labute approximate surface area is 181 Å². The van der Waals surface area contributed by atoms with E-state index in [0.29, 0.717) is 28.0 Å². The van der Waals surface area contributed by atoms with Crippen LogP contribution in [0.3, 0.4) is 0 Å². The van der Waals surface area contributed by atoms with E-state index in [4.69, 9.17) is 21.1 Å². The molecule has 1 atom stereocenters. The van der Waals surface area contributed by atoms with Crippen LogP contribution in [-0.4, -0.2) is 12.0 Å². The van der Waals surface area contributed by atoms with Crippen molar-refractivity contribution in [2.24, 2.45) is 0 Å². The van der Waals surface area contributed by atoms with Crippen LogP contribution in [0.25, 0.3) is 0 Å². The van der Waals surface area contributed by atoms with Crippen LogP contribution in [0.1, 0.15) is 30.9 Å². The molecule has 1 aliphatic carbocycles. The van der Waals surface area contributed by atoms with Gasteiger partial charge in [-0.25, -0.2) is 0 Å². The van der Waals surface area contributed by atoms with Gasteiger partial charge in [0.15, 0.2) is 11.9 Å². The maximum Gasteiger partial charge on any atom is 0.265 e. The third-order valence-electron chi connectivity index (χ3n) is 5.17. The molecule has 4 nitrogen and oxygen atoms in total. The molecule has 154 valence electrons. The average Bonchev–Trinajstić information content (AvgIpc) is 2.76. The Morgan fingerprint density at radius 1 is 0.933 bits per heavy atom. The van der Waals surface area contributed by atoms with Crippen molar-refractivity contribution in [1.29, 1.82) is 0 Å². The van der Waals surface area contributed by atoms with Crippen molar-refractivity contribution in [2.75, 3.05) is 5.32 Å². The van der Waals surface area contributed by atoms with Crippen LogP contribution in [0.4, 0.5) is 5.69 Å². The van der Waals surface area contributed by atoms with E-state index < -0.39 is 6.10 Å². The number of fused-ring (bicyclic) bond motifs is 1. The predicted molar refractivity (Wildman–Crippen MR) is 120 cm³/mol. The number of benzene rings is 3. The first-order valence-corrected chi connectivity index (χ1v) is 10.6. The van der Waals surface area contributed by atoms with Crippen molar-refractivity contribution < 1.29 is 14.3 Å². The van der Waals surface area contributed by atoms with Crippen LogP contribution in [0.15, 0.2) is 66.7 Å². The molecule has 30 heavy (non-hydrogen) atoms. The molecule has 0 unspecified atom stereocenters. The topological polar surface area (TPSA) is 47.6 Å². The first-order chi connectivity index (χ1) is 14.6. The molecule has 3 aromatic rings. The molecule has 0 fully saturated rings. The fourth-order valence-electron chi connectivity index (χ4n) is 3.58. The first-order valence-electron chi connectivity index (χ1n) is 10.2. The summed E-state index contributed by atoms with van der Waals surface area (Å²) in [6, 6.07) is 20.6. The molecule has 0 radical (unpaired) electrons. The first kappa shape index (κ1) is 20.3. The highest BCUT2D eigenvalue weighted by Crippen LogP contribution is 2.32. The molecule has 0 aromatic heterocycles. The van der Waals surface area contributed by atoms with Gasteiger partial charge in [0.25, 0.3) is 5.91 Å². The van der Waals surface area contributed by atoms with E-state index in [2.05, 4.69) is 17.4 Å². The summed E-state index contributed by atoms with van der Waals surface area (Å²) in [5.74, 6) is 1.63. The number of carbonyl (C=O) groups is 1. The molecule has 0 saturated heterocycles. The normalized spacial score (nSPS) is 13.8. The van der Waals surface area contributed by atoms with E-state index in [1.807, 2.05) is 36.4 Å². The lowest BCUT2D eigenvalue weighted by atomic mass is 9.92. The molecular weight excluding hydrogens is 398 g/mol. The van der Waals surface area contributed by atoms with Crippen molar-refractivity contribution in [3.8, 4) is 17.2 Å². The highest BCUT2D eigenvalue weighted by atomic mass is 35.5. The Kier molecular flexibility index (Phi) is 6.24. The minimum absolute atomic E-state index is 0.270. The number of aryl methyl sites for hydroxylation is 2. The van der Waals surface area contributed by atoms with Crippen LogP contribution in [0, 0.1) is 0 Å². The highest BCUT2D eigenvalue weighted by Gasteiger charge is 2.19. The summed E-state index contributed by atoms with van der Waals surface area (Å²) in [5.41, 5.74) is 3.20. The lowest BCUT2D eigenvalue weighted by Crippen LogP contribution is -2.30. The standard InChI is InChI=1S/C25H24ClNO3/c1-17(29-22-13-11-18-7-5-6-8-19(18)15-22)25(28)27-23-16-20(26)12-14-24(23)30-21-9-3-2-4-10-21/h2-4,9-17H,5-8H2,1H3,(H,27,28)/t17-/m0/s1. The van der Waals surface area contributed by atoms with E-state index in [-0.39, 0.29) is 5.91 Å². The van der Waals surface area contributed by atoms with E-state index in [0.717, 1.165) is 12.8 Å². The maximum absolute atomic E-state index is 12.8. The Hall–Kier alpha value is -2.98. The molecule has 0 heterocycles. The number of ether oxygens (including phenoxy) is 2. The van der Waals surface area contributed by atoms with Crippen molar-refractivity contribution in [1.82, 2.24) is 0 Å². The van der Waals surface area contributed by atoms with Crippen molar-refractivity contribution in [3.05, 3.63) is 82.9 Å². The van der Waals surface area contributed by atoms with Gasteiger partial charge in [0.1, 0.15) is 11.5 Å². The fourth-order valence-corrected chi connectivity index (χ4v) is 3.75. The molecule has 0 aliphatic heterocycles. The van der Waals surface area contributed by atoms with E-state index in [1.54, 1.807) is 25.1 Å². The summed E-state index contributed by atoms with van der Waals surface area (Å²) < 4.78 is 11.8. The summed E-state index contributed by atoms with van der Waals surface area (Å²) in [6.07, 6.45) is 3.94. The van der Waals surface area contributed by atoms with Crippen LogP contribution in [0.5, 0.6) is 17.2 Å². The molecule has 0 spiro atoms. The summed E-state index contributed by atoms with van der Waals surface area (Å²) >= 11 is 6.14. The lowest BCUT2D eigenvalue weighted by molar-refractivity contribution is -0.122. The molecule has 4 rings (SSSR count). The van der Waals surface area contributed by atoms with Gasteiger partial charge in [-0.1, -0.05) is 35.9 Å². The van der Waals surface area contributed by atoms with Crippen molar-refractivity contribution in [3.63, 3.8) is 0 Å². The SMILES string of the molecule is C[C@H](Oc1ccc2c(c1)CCCC2)C(=O)Nc1cc(Cl)ccc1Oc1ccccc1. The number of amides is 1. The summed E-state index contributed by atoms with van der Waals surface area (Å²) in [4.78, 5) is 12.8. The Bertz CT molecular complexity index is 1040. The number of carbonyl (C=O) groups excluding carboxylic acids is 1. The third-order valence-corrected chi connectivity index (χ3v) is 5.41. The van der Waals surface area contributed by atoms with Gasteiger partial charge in [0.2, 0.25) is 0 Å². The minimum atomic E-state index is -0.671. The average molecular weight is 422 g/mol. The number of hydrogen-bond donors (Lipinski definition) is 1. The van der Waals surface area contributed by atoms with Crippen molar-refractivity contribution >= 4 is 23.2 Å². The minimum Gasteiger partial charge on any atom is -0.481 e. The monoisotopic (exact) mass is 421 g/mol. The zero-order valence-electron chi connectivity index (χ0n) is 16.9. The smallest absolute Gasteiger partial charge is 0.265 e. The quantitative estimate of drug-likeness (QED) is 0.499. The molecule has 5 heteroatoms. The van der Waals surface area contributed by atoms with Crippen LogP contribution >= 0.6 is 11.6 Å². The molecule has 3 aromatic carbocycles. The predicted octanol–water partition coefficient (Wildman–Crippen LogP) is 6.42. The van der Waals surface area contributed by atoms with E-state index in [1.165, 1.54) is 24.0 Å². The van der Waals surface area contributed by atoms with Gasteiger partial charge in [-0.05, 0) is 86.2 Å². The molecule has 1 amide bonds. The summed E-state index contributed by atoms with van der Waals surface area (Å²) in [5, 5.41) is 3.39. The van der Waals surface area contributed by atoms with E-state index >= 15 is 0 Å². The number of anilines is 1. The molecule has 1 aliphatic rings. The maximum atomic E-state index is 12.8. The number of nitrogens with one attached hydrogen (secondary N) is 1. The second-order valence-electron chi connectivity index (χ2n) is 7.44. The van der Waals surface area contributed by atoms with Crippen LogP contribution < -0.4 is 14.8 Å². The van der Waals surface area contributed by atoms with Crippen molar-refractivity contribution in [2.45, 2.75) is 38.7 Å². The molecule has 1 N–H and O–H groups in total. The summed E-state index contributed by atoms with van der Waals surface area (Å²) in [7, 11) is 0. The van der Waals surface area contributed by atoms with Gasteiger partial charge >= 0.3 is 0 Å². The van der Waals surface area contributed by atoms with Gasteiger partial charge in [-0.2, -0.15) is 0 Å². The molecule has 0 bridgehead atoms. The second kappa shape index (κ2) is 9.23. The van der Waals surface area contributed by atoms with Crippen LogP contribution in [0.2, 0.25) is 5.02 Å². The molecule has 0 saturated carbocycles. The van der Waals surface area contributed by atoms with Gasteiger partial charge in [0, 0.05) is 5.02 Å². The number of para-hydroxylation sites is 1. The Balaban J connectivity index is 1.46. The highest BCUT2D eigenvalue weighted by molar-refractivity contribution is 6.31. The fraction of sp³-hybridized carbons (Fsp3) is 0.240. The summed E-state index contributed by atoms with van der Waals surface area (Å²) in [6.45, 7) is 1.73. The van der Waals surface area contributed by atoms with Gasteiger partial charge < -0.3 is 14.8 Å². The number of hydrogen-bond acceptors (Lipinski definition) is 3. The van der Waals surface area contributed by atoms with Crippen LogP contribution in [-0.2, 0) is 17.6 Å². The number of halogens is 1. The zero-order chi connectivity index (χ0) is 20.9. The third kappa shape index (κ3) is 4.95. The largest absolute Gasteiger partial charge is 0.481 e. The Morgan fingerprint density at radius 3 is 2.50 bits per heavy atom. The Morgan fingerprint density at radius 2 is 1.70 bits per heavy atom. The lowest BCUT2D eigenvalue weighted by Gasteiger charge is -2.20. The number of rotatable bonds is 6. The van der Waals surface area contributed by atoms with E-state index in [9.17, 15) is 4.79 Å². The zero-order valence-corrected chi connectivity index (χ0v) is 17.6. The second-order valence-corrected chi connectivity index (χ2v) is 7.88. The molecular formula is C25H24ClNO3. The van der Waals surface area contributed by atoms with Gasteiger partial charge in [-0.3, -0.25) is 4.79 Å².